The zero-order valence-electron chi connectivity index (χ0n) is 11.6. The first-order chi connectivity index (χ1) is 7.09. The molecule has 0 bridgehead atoms. The molecule has 1 heterocycles. The Morgan fingerprint density at radius 2 is 1.69 bits per heavy atom. The minimum absolute atomic E-state index is 0.00108. The molecular weight excluding hydrogens is 203 g/mol. The van der Waals surface area contributed by atoms with Crippen molar-refractivity contribution in [2.75, 3.05) is 13.1 Å². The van der Waals surface area contributed by atoms with E-state index in [1.165, 1.54) is 0 Å². The number of alkyl halides is 1. The van der Waals surface area contributed by atoms with Crippen molar-refractivity contribution in [1.29, 1.82) is 0 Å². The maximum absolute atomic E-state index is 14.1. The average Bonchev–Trinajstić information content (AvgIpc) is 2.04. The molecule has 1 fully saturated rings. The summed E-state index contributed by atoms with van der Waals surface area (Å²) in [6.07, 6.45) is 0.141. The third-order valence-electron chi connectivity index (χ3n) is 3.11. The molecule has 1 aliphatic rings. The summed E-state index contributed by atoms with van der Waals surface area (Å²) in [7, 11) is 0. The van der Waals surface area contributed by atoms with Gasteiger partial charge in [0.15, 0.2) is 0 Å². The molecule has 2 atom stereocenters. The maximum Gasteiger partial charge on any atom is 0.128 e. The molecule has 1 rings (SSSR count). The topological polar surface area (TPSA) is 15.3 Å². The van der Waals surface area contributed by atoms with E-state index in [1.807, 2.05) is 0 Å². The Morgan fingerprint density at radius 1 is 1.12 bits per heavy atom. The van der Waals surface area contributed by atoms with Gasteiger partial charge in [-0.25, -0.2) is 4.39 Å². The lowest BCUT2D eigenvalue weighted by atomic mass is 9.95. The zero-order chi connectivity index (χ0) is 12.6. The fourth-order valence-corrected chi connectivity index (χ4v) is 2.23. The first-order valence-corrected chi connectivity index (χ1v) is 6.26. The van der Waals surface area contributed by atoms with E-state index in [4.69, 9.17) is 0 Å². The molecule has 0 aromatic heterocycles. The van der Waals surface area contributed by atoms with E-state index in [9.17, 15) is 4.39 Å². The second-order valence-electron chi connectivity index (χ2n) is 6.92. The standard InChI is InChI=1S/C13H27FN2/c1-12(2,3)15-11-7-8-16(9-10(11)14)13(4,5)6/h10-11,15H,7-9H2,1-6H3. The SMILES string of the molecule is CC(C)(C)NC1CCN(C(C)(C)C)CC1F. The summed E-state index contributed by atoms with van der Waals surface area (Å²) in [4.78, 5) is 2.23. The Hall–Kier alpha value is -0.150. The highest BCUT2D eigenvalue weighted by Gasteiger charge is 2.35. The van der Waals surface area contributed by atoms with Gasteiger partial charge >= 0.3 is 0 Å². The van der Waals surface area contributed by atoms with Crippen molar-refractivity contribution in [1.82, 2.24) is 10.2 Å². The van der Waals surface area contributed by atoms with Crippen molar-refractivity contribution in [2.45, 2.75) is 71.3 Å². The number of likely N-dealkylation sites (tertiary alicyclic amines) is 1. The Kier molecular flexibility index (Phi) is 4.01. The number of rotatable bonds is 1. The highest BCUT2D eigenvalue weighted by Crippen LogP contribution is 2.23. The van der Waals surface area contributed by atoms with Gasteiger partial charge in [-0.1, -0.05) is 0 Å². The lowest BCUT2D eigenvalue weighted by Gasteiger charge is -2.44. The van der Waals surface area contributed by atoms with Crippen molar-refractivity contribution in [3.8, 4) is 0 Å². The van der Waals surface area contributed by atoms with E-state index >= 15 is 0 Å². The molecule has 0 radical (unpaired) electrons. The smallest absolute Gasteiger partial charge is 0.128 e. The van der Waals surface area contributed by atoms with Crippen LogP contribution in [0.2, 0.25) is 0 Å². The van der Waals surface area contributed by atoms with Crippen LogP contribution >= 0.6 is 0 Å². The average molecular weight is 230 g/mol. The van der Waals surface area contributed by atoms with Crippen LogP contribution in [0.4, 0.5) is 4.39 Å². The van der Waals surface area contributed by atoms with Gasteiger partial charge in [0.25, 0.3) is 0 Å². The van der Waals surface area contributed by atoms with Crippen LogP contribution in [0.15, 0.2) is 0 Å². The van der Waals surface area contributed by atoms with Crippen molar-refractivity contribution in [3.63, 3.8) is 0 Å². The first kappa shape index (κ1) is 13.9. The van der Waals surface area contributed by atoms with Crippen LogP contribution in [0.5, 0.6) is 0 Å². The quantitative estimate of drug-likeness (QED) is 0.745. The van der Waals surface area contributed by atoms with Gasteiger partial charge < -0.3 is 5.32 Å². The Morgan fingerprint density at radius 3 is 2.06 bits per heavy atom. The van der Waals surface area contributed by atoms with Crippen LogP contribution in [0.3, 0.4) is 0 Å². The molecule has 0 spiro atoms. The number of hydrogen-bond acceptors (Lipinski definition) is 2. The fourth-order valence-electron chi connectivity index (χ4n) is 2.23. The summed E-state index contributed by atoms with van der Waals surface area (Å²) in [6.45, 7) is 14.3. The van der Waals surface area contributed by atoms with Crippen LogP contribution in [0.1, 0.15) is 48.0 Å². The number of nitrogens with one attached hydrogen (secondary N) is 1. The van der Waals surface area contributed by atoms with E-state index < -0.39 is 6.17 Å². The second kappa shape index (κ2) is 4.61. The van der Waals surface area contributed by atoms with E-state index in [0.717, 1.165) is 13.0 Å². The molecule has 0 amide bonds. The highest BCUT2D eigenvalue weighted by molar-refractivity contribution is 4.92. The molecule has 1 N–H and O–H groups in total. The predicted octanol–water partition coefficient (Wildman–Crippen LogP) is 2.59. The van der Waals surface area contributed by atoms with Gasteiger partial charge in [0.05, 0.1) is 0 Å². The fraction of sp³-hybridized carbons (Fsp3) is 1.00. The third kappa shape index (κ3) is 4.02. The Bertz CT molecular complexity index is 227. The van der Waals surface area contributed by atoms with E-state index in [1.54, 1.807) is 0 Å². The number of hydrogen-bond donors (Lipinski definition) is 1. The van der Waals surface area contributed by atoms with E-state index in [2.05, 4.69) is 51.8 Å². The number of nitrogens with zero attached hydrogens (tertiary/aromatic N) is 1. The number of halogens is 1. The van der Waals surface area contributed by atoms with Gasteiger partial charge in [0.1, 0.15) is 6.17 Å². The van der Waals surface area contributed by atoms with Crippen LogP contribution < -0.4 is 5.32 Å². The summed E-state index contributed by atoms with van der Waals surface area (Å²) in [5.41, 5.74) is 0.0793. The van der Waals surface area contributed by atoms with Crippen molar-refractivity contribution in [2.24, 2.45) is 0 Å². The molecule has 96 valence electrons. The zero-order valence-corrected chi connectivity index (χ0v) is 11.6. The van der Waals surface area contributed by atoms with Crippen LogP contribution in [-0.4, -0.2) is 41.3 Å². The minimum Gasteiger partial charge on any atom is -0.306 e. The van der Waals surface area contributed by atoms with Gasteiger partial charge in [-0.2, -0.15) is 0 Å². The normalized spacial score (nSPS) is 29.4. The van der Waals surface area contributed by atoms with Gasteiger partial charge in [-0.05, 0) is 48.0 Å². The van der Waals surface area contributed by atoms with E-state index in [-0.39, 0.29) is 17.1 Å². The lowest BCUT2D eigenvalue weighted by Crippen LogP contribution is -2.58. The largest absolute Gasteiger partial charge is 0.306 e. The minimum atomic E-state index is -0.757. The van der Waals surface area contributed by atoms with Crippen molar-refractivity contribution in [3.05, 3.63) is 0 Å². The second-order valence-corrected chi connectivity index (χ2v) is 6.92. The van der Waals surface area contributed by atoms with Gasteiger partial charge in [0, 0.05) is 30.2 Å². The maximum atomic E-state index is 14.1. The predicted molar refractivity (Wildman–Crippen MR) is 67.5 cm³/mol. The van der Waals surface area contributed by atoms with Crippen LogP contribution in [0, 0.1) is 0 Å². The summed E-state index contributed by atoms with van der Waals surface area (Å²) in [6, 6.07) is 0.0126. The monoisotopic (exact) mass is 230 g/mol. The summed E-state index contributed by atoms with van der Waals surface area (Å²) in [5.74, 6) is 0. The van der Waals surface area contributed by atoms with Crippen molar-refractivity contribution < 1.29 is 4.39 Å². The molecule has 2 unspecified atom stereocenters. The van der Waals surface area contributed by atoms with Gasteiger partial charge in [-0.3, -0.25) is 4.90 Å². The van der Waals surface area contributed by atoms with Crippen LogP contribution in [0.25, 0.3) is 0 Å². The highest BCUT2D eigenvalue weighted by atomic mass is 19.1. The molecule has 1 saturated heterocycles. The Balaban J connectivity index is 2.53. The number of piperidine rings is 1. The molecule has 0 aliphatic carbocycles. The summed E-state index contributed by atoms with van der Waals surface area (Å²) < 4.78 is 14.1. The lowest BCUT2D eigenvalue weighted by molar-refractivity contribution is 0.0354. The molecule has 16 heavy (non-hydrogen) atoms. The molecule has 2 nitrogen and oxygen atoms in total. The molecule has 0 aromatic carbocycles. The molecule has 0 aromatic rings. The van der Waals surface area contributed by atoms with E-state index in [0.29, 0.717) is 6.54 Å². The molecule has 3 heteroatoms. The molecular formula is C13H27FN2. The van der Waals surface area contributed by atoms with Gasteiger partial charge in [-0.15, -0.1) is 0 Å². The van der Waals surface area contributed by atoms with Gasteiger partial charge in [0.2, 0.25) is 0 Å². The third-order valence-corrected chi connectivity index (χ3v) is 3.11. The molecule has 1 aliphatic heterocycles. The first-order valence-electron chi connectivity index (χ1n) is 6.26. The Labute approximate surface area is 99.6 Å². The van der Waals surface area contributed by atoms with Crippen molar-refractivity contribution >= 4 is 0 Å². The summed E-state index contributed by atoms with van der Waals surface area (Å²) in [5, 5.41) is 3.38. The summed E-state index contributed by atoms with van der Waals surface area (Å²) >= 11 is 0. The van der Waals surface area contributed by atoms with Crippen LogP contribution in [-0.2, 0) is 0 Å². The molecule has 0 saturated carbocycles.